The van der Waals surface area contributed by atoms with Gasteiger partial charge in [0.1, 0.15) is 5.75 Å². The summed E-state index contributed by atoms with van der Waals surface area (Å²) in [5.74, 6) is 2.33. The van der Waals surface area contributed by atoms with E-state index in [2.05, 4.69) is 12.2 Å². The number of hydrogen-bond acceptors (Lipinski definition) is 4. The fourth-order valence-electron chi connectivity index (χ4n) is 3.04. The largest absolute Gasteiger partial charge is 0.496 e. The molecule has 0 aliphatic carbocycles. The van der Waals surface area contributed by atoms with Crippen molar-refractivity contribution in [2.24, 2.45) is 0 Å². The molecule has 2 rings (SSSR count). The lowest BCUT2D eigenvalue weighted by Gasteiger charge is -2.29. The number of ether oxygens (including phenoxy) is 3. The molecule has 4 nitrogen and oxygen atoms in total. The van der Waals surface area contributed by atoms with E-state index in [1.54, 1.807) is 21.3 Å². The van der Waals surface area contributed by atoms with Gasteiger partial charge in [0.25, 0.3) is 0 Å². The maximum atomic E-state index is 5.52. The smallest absolute Gasteiger partial charge is 0.164 e. The van der Waals surface area contributed by atoms with Crippen molar-refractivity contribution in [3.8, 4) is 17.2 Å². The third-order valence-electron chi connectivity index (χ3n) is 4.32. The Balaban J connectivity index is 2.34. The minimum atomic E-state index is 0.187. The number of hydrogen-bond donors (Lipinski definition) is 1. The topological polar surface area (TPSA) is 39.7 Å². The molecule has 0 amide bonds. The first-order chi connectivity index (χ1) is 9.68. The molecule has 0 aromatic heterocycles. The zero-order valence-corrected chi connectivity index (χ0v) is 12.9. The molecule has 1 saturated heterocycles. The van der Waals surface area contributed by atoms with Crippen LogP contribution in [0.1, 0.15) is 31.7 Å². The summed E-state index contributed by atoms with van der Waals surface area (Å²) in [4.78, 5) is 0. The predicted molar refractivity (Wildman–Crippen MR) is 80.1 cm³/mol. The van der Waals surface area contributed by atoms with Crippen molar-refractivity contribution < 1.29 is 14.2 Å². The standard InChI is InChI=1S/C16H25NO3/c1-5-16(7-6-8-17-16)11-12-9-14(19-3)15(20-4)10-13(12)18-2/h9-10,17H,5-8,11H2,1-4H3. The van der Waals surface area contributed by atoms with Crippen molar-refractivity contribution in [3.05, 3.63) is 17.7 Å². The molecule has 0 saturated carbocycles. The van der Waals surface area contributed by atoms with Crippen LogP contribution in [0.3, 0.4) is 0 Å². The van der Waals surface area contributed by atoms with Gasteiger partial charge < -0.3 is 19.5 Å². The molecule has 0 bridgehead atoms. The number of benzene rings is 1. The molecule has 0 radical (unpaired) electrons. The summed E-state index contributed by atoms with van der Waals surface area (Å²) in [6.07, 6.45) is 4.52. The fourth-order valence-corrected chi connectivity index (χ4v) is 3.04. The van der Waals surface area contributed by atoms with Gasteiger partial charge in [-0.1, -0.05) is 6.92 Å². The van der Waals surface area contributed by atoms with Crippen LogP contribution in [0.5, 0.6) is 17.2 Å². The van der Waals surface area contributed by atoms with Crippen LogP contribution in [-0.2, 0) is 6.42 Å². The maximum Gasteiger partial charge on any atom is 0.164 e. The molecule has 20 heavy (non-hydrogen) atoms. The first-order valence-electron chi connectivity index (χ1n) is 7.22. The maximum absolute atomic E-state index is 5.52. The normalized spacial score (nSPS) is 21.8. The van der Waals surface area contributed by atoms with Gasteiger partial charge in [0, 0.05) is 11.6 Å². The van der Waals surface area contributed by atoms with Crippen molar-refractivity contribution in [3.63, 3.8) is 0 Å². The highest BCUT2D eigenvalue weighted by Gasteiger charge is 2.32. The van der Waals surface area contributed by atoms with Gasteiger partial charge in [0.15, 0.2) is 11.5 Å². The Bertz CT molecular complexity index is 453. The van der Waals surface area contributed by atoms with Gasteiger partial charge in [0.2, 0.25) is 0 Å². The van der Waals surface area contributed by atoms with E-state index < -0.39 is 0 Å². The van der Waals surface area contributed by atoms with Crippen LogP contribution in [0.2, 0.25) is 0 Å². The molecule has 1 atom stereocenters. The molecule has 1 heterocycles. The number of rotatable bonds is 6. The van der Waals surface area contributed by atoms with Crippen LogP contribution in [0.15, 0.2) is 12.1 Å². The number of nitrogens with one attached hydrogen (secondary N) is 1. The van der Waals surface area contributed by atoms with E-state index in [1.807, 2.05) is 12.1 Å². The molecule has 4 heteroatoms. The number of methoxy groups -OCH3 is 3. The minimum absolute atomic E-state index is 0.187. The van der Waals surface area contributed by atoms with E-state index in [4.69, 9.17) is 14.2 Å². The van der Waals surface area contributed by atoms with Crippen LogP contribution in [0, 0.1) is 0 Å². The Kier molecular flexibility index (Phi) is 4.76. The second-order valence-electron chi connectivity index (χ2n) is 5.36. The SMILES string of the molecule is CCC1(Cc2cc(OC)c(OC)cc2OC)CCCN1. The first-order valence-corrected chi connectivity index (χ1v) is 7.22. The third kappa shape index (κ3) is 2.85. The summed E-state index contributed by atoms with van der Waals surface area (Å²) in [6, 6.07) is 3.95. The predicted octanol–water partition coefficient (Wildman–Crippen LogP) is 2.79. The van der Waals surface area contributed by atoms with Crippen LogP contribution >= 0.6 is 0 Å². The summed E-state index contributed by atoms with van der Waals surface area (Å²) in [5, 5.41) is 3.66. The van der Waals surface area contributed by atoms with Gasteiger partial charge >= 0.3 is 0 Å². The van der Waals surface area contributed by atoms with Crippen molar-refractivity contribution in [1.82, 2.24) is 5.32 Å². The van der Waals surface area contributed by atoms with Crippen molar-refractivity contribution in [2.75, 3.05) is 27.9 Å². The minimum Gasteiger partial charge on any atom is -0.496 e. The molecule has 1 aromatic rings. The summed E-state index contributed by atoms with van der Waals surface area (Å²) in [6.45, 7) is 3.34. The second kappa shape index (κ2) is 6.35. The summed E-state index contributed by atoms with van der Waals surface area (Å²) in [5.41, 5.74) is 1.36. The van der Waals surface area contributed by atoms with Crippen LogP contribution in [0.4, 0.5) is 0 Å². The molecule has 1 aliphatic heterocycles. The highest BCUT2D eigenvalue weighted by Crippen LogP contribution is 2.38. The van der Waals surface area contributed by atoms with Gasteiger partial charge in [-0.05, 0) is 43.9 Å². The van der Waals surface area contributed by atoms with Gasteiger partial charge in [-0.2, -0.15) is 0 Å². The average molecular weight is 279 g/mol. The highest BCUT2D eigenvalue weighted by atomic mass is 16.5. The highest BCUT2D eigenvalue weighted by molar-refractivity contribution is 5.51. The average Bonchev–Trinajstić information content (AvgIpc) is 2.95. The molecular formula is C16H25NO3. The molecule has 1 fully saturated rings. The third-order valence-corrected chi connectivity index (χ3v) is 4.32. The van der Waals surface area contributed by atoms with Crippen LogP contribution in [0.25, 0.3) is 0 Å². The molecule has 1 unspecified atom stereocenters. The van der Waals surface area contributed by atoms with E-state index >= 15 is 0 Å². The summed E-state index contributed by atoms with van der Waals surface area (Å²) < 4.78 is 16.3. The Morgan fingerprint density at radius 1 is 1.05 bits per heavy atom. The second-order valence-corrected chi connectivity index (χ2v) is 5.36. The molecule has 1 aliphatic rings. The quantitative estimate of drug-likeness (QED) is 0.869. The van der Waals surface area contributed by atoms with E-state index in [9.17, 15) is 0 Å². The molecule has 112 valence electrons. The van der Waals surface area contributed by atoms with Gasteiger partial charge in [-0.3, -0.25) is 0 Å². The van der Waals surface area contributed by atoms with Crippen LogP contribution < -0.4 is 19.5 Å². The zero-order valence-electron chi connectivity index (χ0n) is 12.9. The lowest BCUT2D eigenvalue weighted by Crippen LogP contribution is -2.41. The lowest BCUT2D eigenvalue weighted by atomic mass is 9.86. The Morgan fingerprint density at radius 2 is 1.70 bits per heavy atom. The molecule has 1 N–H and O–H groups in total. The van der Waals surface area contributed by atoms with Crippen LogP contribution in [-0.4, -0.2) is 33.4 Å². The van der Waals surface area contributed by atoms with Gasteiger partial charge in [-0.25, -0.2) is 0 Å². The Labute approximate surface area is 121 Å². The van der Waals surface area contributed by atoms with E-state index in [-0.39, 0.29) is 5.54 Å². The van der Waals surface area contributed by atoms with Crippen molar-refractivity contribution >= 4 is 0 Å². The summed E-state index contributed by atoms with van der Waals surface area (Å²) >= 11 is 0. The molecular weight excluding hydrogens is 254 g/mol. The Hall–Kier alpha value is -1.42. The summed E-state index contributed by atoms with van der Waals surface area (Å²) in [7, 11) is 5.01. The monoisotopic (exact) mass is 279 g/mol. The lowest BCUT2D eigenvalue weighted by molar-refractivity contribution is 0.334. The Morgan fingerprint density at radius 3 is 2.20 bits per heavy atom. The molecule has 0 spiro atoms. The van der Waals surface area contributed by atoms with Gasteiger partial charge in [-0.15, -0.1) is 0 Å². The van der Waals surface area contributed by atoms with E-state index in [0.717, 1.165) is 30.9 Å². The molecule has 1 aromatic carbocycles. The van der Waals surface area contributed by atoms with Gasteiger partial charge in [0.05, 0.1) is 21.3 Å². The zero-order chi connectivity index (χ0) is 14.6. The fraction of sp³-hybridized carbons (Fsp3) is 0.625. The van der Waals surface area contributed by atoms with Crippen molar-refractivity contribution in [1.29, 1.82) is 0 Å². The van der Waals surface area contributed by atoms with Crippen molar-refractivity contribution in [2.45, 2.75) is 38.1 Å². The van der Waals surface area contributed by atoms with E-state index in [0.29, 0.717) is 5.75 Å². The first kappa shape index (κ1) is 15.0. The van der Waals surface area contributed by atoms with E-state index in [1.165, 1.54) is 18.4 Å².